The minimum absolute atomic E-state index is 0.0278. The van der Waals surface area contributed by atoms with Crippen molar-refractivity contribution < 1.29 is 9.59 Å². The predicted octanol–water partition coefficient (Wildman–Crippen LogP) is 2.42. The van der Waals surface area contributed by atoms with Gasteiger partial charge >= 0.3 is 6.03 Å². The zero-order chi connectivity index (χ0) is 21.2. The van der Waals surface area contributed by atoms with Crippen LogP contribution < -0.4 is 10.6 Å². The molecule has 0 aromatic rings. The van der Waals surface area contributed by atoms with Gasteiger partial charge in [0, 0.05) is 57.8 Å². The van der Waals surface area contributed by atoms with Crippen LogP contribution in [0, 0.1) is 0 Å². The molecule has 1 aliphatic carbocycles. The number of likely N-dealkylation sites (tertiary alicyclic amines) is 1. The minimum Gasteiger partial charge on any atom is -0.340 e. The first-order valence-corrected chi connectivity index (χ1v) is 12.4. The Balaban J connectivity index is 1.19. The summed E-state index contributed by atoms with van der Waals surface area (Å²) < 4.78 is 0. The number of piperazine rings is 1. The SMILES string of the molecule is CN1CCCC(N2CCN(C(=O)CCCCCNC(=O)NC3CCCCC3)CC2)C1. The highest BCUT2D eigenvalue weighted by molar-refractivity contribution is 5.76. The molecule has 7 nitrogen and oxygen atoms in total. The Kier molecular flexibility index (Phi) is 9.72. The fourth-order valence-corrected chi connectivity index (χ4v) is 5.20. The lowest BCUT2D eigenvalue weighted by atomic mass is 9.96. The van der Waals surface area contributed by atoms with Crippen LogP contribution in [0.25, 0.3) is 0 Å². The van der Waals surface area contributed by atoms with Crippen molar-refractivity contribution in [1.29, 1.82) is 0 Å². The number of unbranched alkanes of at least 4 members (excludes halogenated alkanes) is 2. The van der Waals surface area contributed by atoms with Crippen molar-refractivity contribution in [2.24, 2.45) is 0 Å². The second-order valence-corrected chi connectivity index (χ2v) is 9.52. The third-order valence-corrected chi connectivity index (χ3v) is 7.08. The Hall–Kier alpha value is -1.34. The summed E-state index contributed by atoms with van der Waals surface area (Å²) in [6.45, 7) is 6.87. The van der Waals surface area contributed by atoms with Crippen LogP contribution in [0.15, 0.2) is 0 Å². The monoisotopic (exact) mass is 421 g/mol. The Morgan fingerprint density at radius 3 is 2.37 bits per heavy atom. The molecule has 2 N–H and O–H groups in total. The molecule has 172 valence electrons. The number of nitrogens with zero attached hydrogens (tertiary/aromatic N) is 3. The zero-order valence-corrected chi connectivity index (χ0v) is 19.0. The molecule has 3 aliphatic rings. The van der Waals surface area contributed by atoms with Crippen molar-refractivity contribution in [3.8, 4) is 0 Å². The topological polar surface area (TPSA) is 67.9 Å². The highest BCUT2D eigenvalue weighted by Crippen LogP contribution is 2.18. The number of carbonyl (C=O) groups excluding carboxylic acids is 2. The molecule has 0 radical (unpaired) electrons. The summed E-state index contributed by atoms with van der Waals surface area (Å²) in [5.41, 5.74) is 0. The summed E-state index contributed by atoms with van der Waals surface area (Å²) in [5.74, 6) is 0.304. The quantitative estimate of drug-likeness (QED) is 0.591. The second kappa shape index (κ2) is 12.5. The maximum absolute atomic E-state index is 12.5. The largest absolute Gasteiger partial charge is 0.340 e. The van der Waals surface area contributed by atoms with E-state index in [0.29, 0.717) is 31.0 Å². The van der Waals surface area contributed by atoms with Crippen molar-refractivity contribution >= 4 is 11.9 Å². The molecule has 1 saturated carbocycles. The van der Waals surface area contributed by atoms with Gasteiger partial charge in [-0.25, -0.2) is 4.79 Å². The number of piperidine rings is 1. The summed E-state index contributed by atoms with van der Waals surface area (Å²) in [5, 5.41) is 6.05. The van der Waals surface area contributed by atoms with E-state index in [1.807, 2.05) is 0 Å². The zero-order valence-electron chi connectivity index (χ0n) is 19.0. The Labute approximate surface area is 182 Å². The molecule has 7 heteroatoms. The first kappa shape index (κ1) is 23.3. The molecule has 1 atom stereocenters. The van der Waals surface area contributed by atoms with Gasteiger partial charge < -0.3 is 20.4 Å². The van der Waals surface area contributed by atoms with Crippen LogP contribution in [0.4, 0.5) is 4.79 Å². The lowest BCUT2D eigenvalue weighted by Crippen LogP contribution is -2.55. The lowest BCUT2D eigenvalue weighted by Gasteiger charge is -2.42. The van der Waals surface area contributed by atoms with Gasteiger partial charge in [-0.05, 0) is 52.1 Å². The molecular formula is C23H43N5O2. The first-order chi connectivity index (χ1) is 14.6. The number of carbonyl (C=O) groups is 2. The van der Waals surface area contributed by atoms with Crippen LogP contribution >= 0.6 is 0 Å². The van der Waals surface area contributed by atoms with Gasteiger partial charge in [0.15, 0.2) is 0 Å². The summed E-state index contributed by atoms with van der Waals surface area (Å²) in [6.07, 6.45) is 12.0. The average Bonchev–Trinajstić information content (AvgIpc) is 2.77. The van der Waals surface area contributed by atoms with Crippen molar-refractivity contribution in [2.45, 2.75) is 82.7 Å². The summed E-state index contributed by atoms with van der Waals surface area (Å²) >= 11 is 0. The fourth-order valence-electron chi connectivity index (χ4n) is 5.20. The van der Waals surface area contributed by atoms with Gasteiger partial charge in [-0.15, -0.1) is 0 Å². The smallest absolute Gasteiger partial charge is 0.315 e. The molecule has 0 aromatic carbocycles. The van der Waals surface area contributed by atoms with Gasteiger partial charge in [0.2, 0.25) is 5.91 Å². The predicted molar refractivity (Wildman–Crippen MR) is 121 cm³/mol. The summed E-state index contributed by atoms with van der Waals surface area (Å²) in [4.78, 5) is 31.5. The molecule has 1 unspecified atom stereocenters. The molecule has 0 aromatic heterocycles. The van der Waals surface area contributed by atoms with Crippen molar-refractivity contribution in [3.05, 3.63) is 0 Å². The molecule has 0 bridgehead atoms. The van der Waals surface area contributed by atoms with Gasteiger partial charge in [0.25, 0.3) is 0 Å². The second-order valence-electron chi connectivity index (χ2n) is 9.52. The number of nitrogens with one attached hydrogen (secondary N) is 2. The summed E-state index contributed by atoms with van der Waals surface area (Å²) in [7, 11) is 2.21. The molecule has 3 rings (SSSR count). The molecule has 3 fully saturated rings. The van der Waals surface area contributed by atoms with Crippen LogP contribution in [0.2, 0.25) is 0 Å². The van der Waals surface area contributed by atoms with Gasteiger partial charge in [-0.3, -0.25) is 9.69 Å². The normalized spacial score (nSPS) is 24.6. The molecule has 30 heavy (non-hydrogen) atoms. The third kappa shape index (κ3) is 7.73. The van der Waals surface area contributed by atoms with E-state index in [1.54, 1.807) is 0 Å². The fraction of sp³-hybridized carbons (Fsp3) is 0.913. The van der Waals surface area contributed by atoms with Gasteiger partial charge in [0.1, 0.15) is 0 Å². The van der Waals surface area contributed by atoms with E-state index >= 15 is 0 Å². The van der Waals surface area contributed by atoms with Crippen LogP contribution in [0.1, 0.15) is 70.6 Å². The number of hydrogen-bond acceptors (Lipinski definition) is 4. The van der Waals surface area contributed by atoms with Crippen LogP contribution in [0.3, 0.4) is 0 Å². The highest BCUT2D eigenvalue weighted by atomic mass is 16.2. The molecule has 3 amide bonds. The number of likely N-dealkylation sites (N-methyl/N-ethyl adjacent to an activating group) is 1. The number of hydrogen-bond donors (Lipinski definition) is 2. The molecule has 0 spiro atoms. The molecule has 2 heterocycles. The molecule has 2 aliphatic heterocycles. The molecular weight excluding hydrogens is 378 g/mol. The summed E-state index contributed by atoms with van der Waals surface area (Å²) in [6, 6.07) is 1.000. The minimum atomic E-state index is -0.0278. The van der Waals surface area contributed by atoms with E-state index in [-0.39, 0.29) is 6.03 Å². The van der Waals surface area contributed by atoms with E-state index in [1.165, 1.54) is 45.2 Å². The van der Waals surface area contributed by atoms with Crippen LogP contribution in [0.5, 0.6) is 0 Å². The number of amides is 3. The van der Waals surface area contributed by atoms with E-state index in [0.717, 1.165) is 58.3 Å². The highest BCUT2D eigenvalue weighted by Gasteiger charge is 2.28. The van der Waals surface area contributed by atoms with Gasteiger partial charge in [-0.2, -0.15) is 0 Å². The van der Waals surface area contributed by atoms with Gasteiger partial charge in [-0.1, -0.05) is 25.7 Å². The molecule has 2 saturated heterocycles. The Morgan fingerprint density at radius 1 is 0.867 bits per heavy atom. The van der Waals surface area contributed by atoms with Crippen LogP contribution in [-0.2, 0) is 4.79 Å². The number of urea groups is 1. The van der Waals surface area contributed by atoms with Crippen molar-refractivity contribution in [1.82, 2.24) is 25.3 Å². The standard InChI is InChI=1S/C23H43N5O2/c1-26-14-8-11-21(19-26)27-15-17-28(18-16-27)22(29)12-6-3-7-13-24-23(30)25-20-9-4-2-5-10-20/h20-21H,2-19H2,1H3,(H2,24,25,30). The maximum atomic E-state index is 12.5. The van der Waals surface area contributed by atoms with E-state index in [4.69, 9.17) is 0 Å². The Bertz CT molecular complexity index is 530. The van der Waals surface area contributed by atoms with E-state index in [9.17, 15) is 9.59 Å². The Morgan fingerprint density at radius 2 is 1.63 bits per heavy atom. The van der Waals surface area contributed by atoms with Gasteiger partial charge in [0.05, 0.1) is 0 Å². The van der Waals surface area contributed by atoms with Crippen LogP contribution in [-0.4, -0.2) is 91.6 Å². The van der Waals surface area contributed by atoms with Crippen molar-refractivity contribution in [2.75, 3.05) is 52.9 Å². The third-order valence-electron chi connectivity index (χ3n) is 7.08. The lowest BCUT2D eigenvalue weighted by molar-refractivity contribution is -0.133. The van der Waals surface area contributed by atoms with E-state index in [2.05, 4.69) is 32.4 Å². The first-order valence-electron chi connectivity index (χ1n) is 12.4. The number of rotatable bonds is 8. The average molecular weight is 422 g/mol. The van der Waals surface area contributed by atoms with E-state index < -0.39 is 0 Å². The van der Waals surface area contributed by atoms with Crippen molar-refractivity contribution in [3.63, 3.8) is 0 Å². The maximum Gasteiger partial charge on any atom is 0.315 e.